The molecular formula is C21H20BrF2NO3. The molecule has 1 saturated heterocycles. The normalized spacial score (nSPS) is 16.3. The zero-order valence-corrected chi connectivity index (χ0v) is 16.6. The van der Waals surface area contributed by atoms with Gasteiger partial charge < -0.3 is 14.8 Å². The van der Waals surface area contributed by atoms with E-state index in [1.807, 2.05) is 24.3 Å². The van der Waals surface area contributed by atoms with Gasteiger partial charge in [-0.15, -0.1) is 0 Å². The van der Waals surface area contributed by atoms with Crippen molar-refractivity contribution in [2.75, 3.05) is 13.2 Å². The molecule has 1 aliphatic rings. The molecule has 148 valence electrons. The van der Waals surface area contributed by atoms with Crippen molar-refractivity contribution in [3.8, 4) is 5.75 Å². The summed E-state index contributed by atoms with van der Waals surface area (Å²) in [5, 5.41) is 3.13. The number of hydrogen-bond donors (Lipinski definition) is 1. The molecule has 1 N–H and O–H groups in total. The summed E-state index contributed by atoms with van der Waals surface area (Å²) in [6.45, 7) is -1.71. The average Bonchev–Trinajstić information content (AvgIpc) is 2.68. The molecule has 0 saturated carbocycles. The fourth-order valence-corrected chi connectivity index (χ4v) is 3.45. The molecule has 0 bridgehead atoms. The third kappa shape index (κ3) is 5.39. The Balaban J connectivity index is 1.70. The predicted octanol–water partition coefficient (Wildman–Crippen LogP) is 4.89. The van der Waals surface area contributed by atoms with Crippen LogP contribution in [0.1, 0.15) is 24.0 Å². The van der Waals surface area contributed by atoms with Crippen LogP contribution >= 0.6 is 15.9 Å². The second-order valence-corrected chi connectivity index (χ2v) is 7.39. The number of benzene rings is 2. The highest BCUT2D eigenvalue weighted by molar-refractivity contribution is 9.10. The van der Waals surface area contributed by atoms with Crippen molar-refractivity contribution in [3.05, 3.63) is 70.2 Å². The lowest BCUT2D eigenvalue weighted by Gasteiger charge is -2.38. The highest BCUT2D eigenvalue weighted by Crippen LogP contribution is 2.33. The lowest BCUT2D eigenvalue weighted by molar-refractivity contribution is -0.119. The molecule has 0 aromatic heterocycles. The zero-order valence-electron chi connectivity index (χ0n) is 15.0. The number of ether oxygens (including phenoxy) is 2. The first-order valence-electron chi connectivity index (χ1n) is 8.86. The molecule has 0 radical (unpaired) electrons. The van der Waals surface area contributed by atoms with Crippen LogP contribution in [-0.4, -0.2) is 25.7 Å². The van der Waals surface area contributed by atoms with Crippen LogP contribution in [0.5, 0.6) is 5.75 Å². The number of halogens is 3. The molecule has 0 aliphatic carbocycles. The molecule has 2 aromatic rings. The summed E-state index contributed by atoms with van der Waals surface area (Å²) in [6.07, 6.45) is 4.46. The number of rotatable bonds is 6. The minimum atomic E-state index is -2.86. The number of nitrogens with one attached hydrogen (secondary N) is 1. The lowest BCUT2D eigenvalue weighted by atomic mass is 9.82. The van der Waals surface area contributed by atoms with Gasteiger partial charge in [0.2, 0.25) is 5.91 Å². The van der Waals surface area contributed by atoms with E-state index < -0.39 is 12.2 Å². The smallest absolute Gasteiger partial charge is 0.387 e. The number of carbonyl (C=O) groups is 1. The van der Waals surface area contributed by atoms with E-state index >= 15 is 0 Å². The summed E-state index contributed by atoms with van der Waals surface area (Å²) in [7, 11) is 0. The maximum Gasteiger partial charge on any atom is 0.387 e. The quantitative estimate of drug-likeness (QED) is 0.636. The Morgan fingerprint density at radius 2 is 1.75 bits per heavy atom. The van der Waals surface area contributed by atoms with E-state index in [1.165, 1.54) is 18.2 Å². The summed E-state index contributed by atoms with van der Waals surface area (Å²) < 4.78 is 35.2. The fraction of sp³-hybridized carbons (Fsp3) is 0.286. The lowest BCUT2D eigenvalue weighted by Crippen LogP contribution is -2.49. The molecule has 2 aromatic carbocycles. The molecule has 1 aliphatic heterocycles. The van der Waals surface area contributed by atoms with Crippen molar-refractivity contribution in [2.24, 2.45) is 0 Å². The number of alkyl halides is 2. The molecule has 0 spiro atoms. The molecule has 0 unspecified atom stereocenters. The predicted molar refractivity (Wildman–Crippen MR) is 106 cm³/mol. The molecule has 4 nitrogen and oxygen atoms in total. The van der Waals surface area contributed by atoms with Gasteiger partial charge in [0, 0.05) is 23.8 Å². The van der Waals surface area contributed by atoms with E-state index in [-0.39, 0.29) is 11.7 Å². The molecule has 0 atom stereocenters. The average molecular weight is 452 g/mol. The number of amides is 1. The van der Waals surface area contributed by atoms with Crippen LogP contribution in [-0.2, 0) is 15.1 Å². The van der Waals surface area contributed by atoms with E-state index in [2.05, 4.69) is 26.0 Å². The number of hydrogen-bond acceptors (Lipinski definition) is 3. The Bertz CT molecular complexity index is 817. The molecule has 1 amide bonds. The van der Waals surface area contributed by atoms with Crippen LogP contribution in [0.25, 0.3) is 6.08 Å². The standard InChI is InChI=1S/C21H20BrF2NO3/c22-17-6-4-16(5-7-17)21(11-13-27-14-12-21)25-19(26)10-3-15-1-8-18(9-2-15)28-20(23)24/h1-10,20H,11-14H2,(H,25,26). The second-order valence-electron chi connectivity index (χ2n) is 6.47. The largest absolute Gasteiger partial charge is 0.435 e. The first-order chi connectivity index (χ1) is 13.5. The first-order valence-corrected chi connectivity index (χ1v) is 9.65. The fourth-order valence-electron chi connectivity index (χ4n) is 3.18. The van der Waals surface area contributed by atoms with Crippen LogP contribution in [0.15, 0.2) is 59.1 Å². The minimum absolute atomic E-state index is 0.0769. The highest BCUT2D eigenvalue weighted by Gasteiger charge is 2.35. The van der Waals surface area contributed by atoms with Crippen LogP contribution in [0.2, 0.25) is 0 Å². The van der Waals surface area contributed by atoms with Gasteiger partial charge in [0.1, 0.15) is 5.75 Å². The summed E-state index contributed by atoms with van der Waals surface area (Å²) >= 11 is 3.43. The third-order valence-corrected chi connectivity index (χ3v) is 5.17. The Morgan fingerprint density at radius 3 is 2.36 bits per heavy atom. The SMILES string of the molecule is O=C(C=Cc1ccc(OC(F)F)cc1)NC1(c2ccc(Br)cc2)CCOCC1. The van der Waals surface area contributed by atoms with Crippen LogP contribution in [0.3, 0.4) is 0 Å². The molecular weight excluding hydrogens is 432 g/mol. The van der Waals surface area contributed by atoms with Gasteiger partial charge in [-0.3, -0.25) is 4.79 Å². The van der Waals surface area contributed by atoms with Crippen molar-refractivity contribution in [1.29, 1.82) is 0 Å². The first kappa shape index (κ1) is 20.5. The van der Waals surface area contributed by atoms with Gasteiger partial charge in [-0.1, -0.05) is 40.2 Å². The van der Waals surface area contributed by atoms with Crippen molar-refractivity contribution < 1.29 is 23.0 Å². The van der Waals surface area contributed by atoms with Gasteiger partial charge in [0.25, 0.3) is 0 Å². The van der Waals surface area contributed by atoms with Gasteiger partial charge in [-0.25, -0.2) is 0 Å². The van der Waals surface area contributed by atoms with Gasteiger partial charge >= 0.3 is 6.61 Å². The molecule has 28 heavy (non-hydrogen) atoms. The van der Waals surface area contributed by atoms with Crippen LogP contribution in [0, 0.1) is 0 Å². The Labute approximate surface area is 170 Å². The van der Waals surface area contributed by atoms with Gasteiger partial charge in [0.05, 0.1) is 5.54 Å². The van der Waals surface area contributed by atoms with Gasteiger partial charge in [-0.2, -0.15) is 8.78 Å². The Kier molecular flexibility index (Phi) is 6.80. The van der Waals surface area contributed by atoms with Crippen LogP contribution in [0.4, 0.5) is 8.78 Å². The molecule has 1 fully saturated rings. The minimum Gasteiger partial charge on any atom is -0.435 e. The topological polar surface area (TPSA) is 47.6 Å². The number of carbonyl (C=O) groups excluding carboxylic acids is 1. The van der Waals surface area contributed by atoms with E-state index in [9.17, 15) is 13.6 Å². The highest BCUT2D eigenvalue weighted by atomic mass is 79.9. The van der Waals surface area contributed by atoms with Gasteiger partial charge in [0.15, 0.2) is 0 Å². The van der Waals surface area contributed by atoms with Gasteiger partial charge in [-0.05, 0) is 54.3 Å². The monoisotopic (exact) mass is 451 g/mol. The maximum atomic E-state index is 12.6. The molecule has 7 heteroatoms. The van der Waals surface area contributed by atoms with E-state index in [0.717, 1.165) is 10.0 Å². The van der Waals surface area contributed by atoms with Crippen molar-refractivity contribution in [3.63, 3.8) is 0 Å². The summed E-state index contributed by atoms with van der Waals surface area (Å²) in [5.41, 5.74) is 1.27. The van der Waals surface area contributed by atoms with Crippen molar-refractivity contribution >= 4 is 27.9 Å². The molecule has 3 rings (SSSR count). The Morgan fingerprint density at radius 1 is 1.11 bits per heavy atom. The maximum absolute atomic E-state index is 12.6. The summed E-state index contributed by atoms with van der Waals surface area (Å²) in [5.74, 6) is -0.147. The summed E-state index contributed by atoms with van der Waals surface area (Å²) in [6, 6.07) is 14.0. The third-order valence-electron chi connectivity index (χ3n) is 4.64. The van der Waals surface area contributed by atoms with Crippen molar-refractivity contribution in [2.45, 2.75) is 25.0 Å². The Hall–Kier alpha value is -2.25. The van der Waals surface area contributed by atoms with Crippen LogP contribution < -0.4 is 10.1 Å². The second kappa shape index (κ2) is 9.30. The van der Waals surface area contributed by atoms with Crippen molar-refractivity contribution in [1.82, 2.24) is 5.32 Å². The van der Waals surface area contributed by atoms with E-state index in [1.54, 1.807) is 18.2 Å². The molecule has 1 heterocycles. The van der Waals surface area contributed by atoms with E-state index in [0.29, 0.717) is 31.6 Å². The summed E-state index contributed by atoms with van der Waals surface area (Å²) in [4.78, 5) is 12.6. The zero-order chi connectivity index (χ0) is 20.0. The van der Waals surface area contributed by atoms with E-state index in [4.69, 9.17) is 4.74 Å².